The van der Waals surface area contributed by atoms with E-state index < -0.39 is 0 Å². The van der Waals surface area contributed by atoms with Crippen LogP contribution in [-0.4, -0.2) is 23.4 Å². The van der Waals surface area contributed by atoms with E-state index >= 15 is 0 Å². The van der Waals surface area contributed by atoms with Gasteiger partial charge in [0.1, 0.15) is 12.4 Å². The van der Waals surface area contributed by atoms with E-state index in [4.69, 9.17) is 4.74 Å². The highest BCUT2D eigenvalue weighted by atomic mass is 79.9. The molecular weight excluding hydrogens is 294 g/mol. The number of aromatic nitrogens is 2. The number of nitrogens with one attached hydrogen (secondary N) is 1. The van der Waals surface area contributed by atoms with E-state index in [9.17, 15) is 0 Å². The van der Waals surface area contributed by atoms with Crippen molar-refractivity contribution in [2.45, 2.75) is 13.1 Å². The molecule has 0 spiro atoms. The number of benzene rings is 1. The Morgan fingerprint density at radius 2 is 2.33 bits per heavy atom. The minimum atomic E-state index is 0.613. The van der Waals surface area contributed by atoms with E-state index in [1.165, 1.54) is 5.56 Å². The van der Waals surface area contributed by atoms with Gasteiger partial charge in [0.25, 0.3) is 0 Å². The average molecular weight is 310 g/mol. The molecule has 1 N–H and O–H groups in total. The highest BCUT2D eigenvalue weighted by molar-refractivity contribution is 9.10. The molecule has 0 saturated heterocycles. The normalized spacial score (nSPS) is 10.6. The molecule has 0 saturated carbocycles. The fourth-order valence-electron chi connectivity index (χ4n) is 1.66. The third kappa shape index (κ3) is 3.58. The maximum atomic E-state index is 5.71. The van der Waals surface area contributed by atoms with Gasteiger partial charge in [-0.2, -0.15) is 5.10 Å². The molecule has 0 unspecified atom stereocenters. The molecule has 18 heavy (non-hydrogen) atoms. The third-order valence-electron chi connectivity index (χ3n) is 2.53. The smallest absolute Gasteiger partial charge is 0.119 e. The lowest BCUT2D eigenvalue weighted by atomic mass is 10.2. The molecular formula is C13H16BrN3O. The van der Waals surface area contributed by atoms with Crippen molar-refractivity contribution >= 4 is 15.9 Å². The lowest BCUT2D eigenvalue weighted by Gasteiger charge is -2.09. The van der Waals surface area contributed by atoms with Gasteiger partial charge in [0.2, 0.25) is 0 Å². The molecule has 0 aliphatic heterocycles. The largest absolute Gasteiger partial charge is 0.492 e. The Labute approximate surface area is 115 Å². The first-order chi connectivity index (χ1) is 8.79. The van der Waals surface area contributed by atoms with E-state index in [0.717, 1.165) is 23.3 Å². The summed E-state index contributed by atoms with van der Waals surface area (Å²) in [5.41, 5.74) is 1.19. The van der Waals surface area contributed by atoms with E-state index in [0.29, 0.717) is 6.61 Å². The number of halogens is 1. The van der Waals surface area contributed by atoms with Crippen LogP contribution in [0.25, 0.3) is 0 Å². The van der Waals surface area contributed by atoms with Crippen molar-refractivity contribution in [2.75, 3.05) is 13.7 Å². The number of ether oxygens (including phenoxy) is 1. The Morgan fingerprint density at radius 3 is 3.06 bits per heavy atom. The van der Waals surface area contributed by atoms with E-state index in [2.05, 4.69) is 26.3 Å². The van der Waals surface area contributed by atoms with Crippen LogP contribution >= 0.6 is 15.9 Å². The van der Waals surface area contributed by atoms with Gasteiger partial charge in [0.05, 0.1) is 6.54 Å². The van der Waals surface area contributed by atoms with Crippen molar-refractivity contribution in [3.05, 3.63) is 46.7 Å². The zero-order valence-electron chi connectivity index (χ0n) is 10.3. The summed E-state index contributed by atoms with van der Waals surface area (Å²) < 4.78 is 8.66. The summed E-state index contributed by atoms with van der Waals surface area (Å²) >= 11 is 3.52. The first-order valence-electron chi connectivity index (χ1n) is 5.83. The van der Waals surface area contributed by atoms with Gasteiger partial charge in [-0.15, -0.1) is 0 Å². The Hall–Kier alpha value is -1.33. The van der Waals surface area contributed by atoms with Crippen LogP contribution in [0, 0.1) is 0 Å². The van der Waals surface area contributed by atoms with Crippen LogP contribution in [0.15, 0.2) is 41.1 Å². The average Bonchev–Trinajstić information content (AvgIpc) is 2.87. The van der Waals surface area contributed by atoms with Crippen molar-refractivity contribution in [3.8, 4) is 5.75 Å². The second-order valence-corrected chi connectivity index (χ2v) is 4.76. The molecule has 96 valence electrons. The summed E-state index contributed by atoms with van der Waals surface area (Å²) in [6.45, 7) is 2.18. The van der Waals surface area contributed by atoms with Crippen LogP contribution in [0.1, 0.15) is 5.56 Å². The molecule has 0 aliphatic rings. The predicted octanol–water partition coefficient (Wildman–Crippen LogP) is 2.44. The Morgan fingerprint density at radius 1 is 1.44 bits per heavy atom. The molecule has 0 atom stereocenters. The summed E-state index contributed by atoms with van der Waals surface area (Å²) in [6.07, 6.45) is 3.70. The van der Waals surface area contributed by atoms with E-state index in [1.54, 1.807) is 6.20 Å². The van der Waals surface area contributed by atoms with Gasteiger partial charge in [0.15, 0.2) is 0 Å². The maximum Gasteiger partial charge on any atom is 0.119 e. The van der Waals surface area contributed by atoms with Crippen LogP contribution in [0.4, 0.5) is 0 Å². The monoisotopic (exact) mass is 309 g/mol. The molecule has 1 aromatic carbocycles. The molecule has 0 aliphatic carbocycles. The molecule has 0 fully saturated rings. The van der Waals surface area contributed by atoms with Crippen LogP contribution < -0.4 is 10.1 Å². The number of hydrogen-bond acceptors (Lipinski definition) is 3. The molecule has 4 nitrogen and oxygen atoms in total. The SMILES string of the molecule is CNCc1cc(OCCn2cccn2)ccc1Br. The second-order valence-electron chi connectivity index (χ2n) is 3.90. The van der Waals surface area contributed by atoms with Crippen molar-refractivity contribution in [1.82, 2.24) is 15.1 Å². The molecule has 0 bridgehead atoms. The topological polar surface area (TPSA) is 39.1 Å². The summed E-state index contributed by atoms with van der Waals surface area (Å²) in [7, 11) is 1.93. The summed E-state index contributed by atoms with van der Waals surface area (Å²) in [5.74, 6) is 0.885. The molecule has 0 amide bonds. The van der Waals surface area contributed by atoms with Crippen molar-refractivity contribution in [3.63, 3.8) is 0 Å². The molecule has 1 heterocycles. The van der Waals surface area contributed by atoms with Gasteiger partial charge >= 0.3 is 0 Å². The number of nitrogens with zero attached hydrogens (tertiary/aromatic N) is 2. The zero-order chi connectivity index (χ0) is 12.8. The Bertz CT molecular complexity index is 485. The quantitative estimate of drug-likeness (QED) is 0.891. The van der Waals surface area contributed by atoms with Gasteiger partial charge in [-0.1, -0.05) is 15.9 Å². The minimum absolute atomic E-state index is 0.613. The fourth-order valence-corrected chi connectivity index (χ4v) is 2.04. The van der Waals surface area contributed by atoms with Crippen molar-refractivity contribution < 1.29 is 4.74 Å². The predicted molar refractivity (Wildman–Crippen MR) is 74.6 cm³/mol. The van der Waals surface area contributed by atoms with Crippen molar-refractivity contribution in [2.24, 2.45) is 0 Å². The highest BCUT2D eigenvalue weighted by Gasteiger charge is 2.02. The van der Waals surface area contributed by atoms with Crippen LogP contribution in [0.3, 0.4) is 0 Å². The molecule has 0 radical (unpaired) electrons. The van der Waals surface area contributed by atoms with E-state index in [-0.39, 0.29) is 0 Å². The minimum Gasteiger partial charge on any atom is -0.492 e. The summed E-state index contributed by atoms with van der Waals surface area (Å²) in [4.78, 5) is 0. The molecule has 2 aromatic rings. The summed E-state index contributed by atoms with van der Waals surface area (Å²) in [5, 5.41) is 7.26. The standard InChI is InChI=1S/C13H16BrN3O/c1-15-10-11-9-12(3-4-13(11)14)18-8-7-17-6-2-5-16-17/h2-6,9,15H,7-8,10H2,1H3. The van der Waals surface area contributed by atoms with Crippen LogP contribution in [0.2, 0.25) is 0 Å². The molecule has 5 heteroatoms. The van der Waals surface area contributed by atoms with Crippen LogP contribution in [-0.2, 0) is 13.1 Å². The maximum absolute atomic E-state index is 5.71. The van der Waals surface area contributed by atoms with Gasteiger partial charge < -0.3 is 10.1 Å². The molecule has 2 rings (SSSR count). The van der Waals surface area contributed by atoms with Crippen molar-refractivity contribution in [1.29, 1.82) is 0 Å². The first-order valence-corrected chi connectivity index (χ1v) is 6.62. The van der Waals surface area contributed by atoms with Gasteiger partial charge in [0, 0.05) is 23.4 Å². The Balaban J connectivity index is 1.90. The highest BCUT2D eigenvalue weighted by Crippen LogP contribution is 2.22. The Kier molecular flexibility index (Phi) is 4.78. The lowest BCUT2D eigenvalue weighted by molar-refractivity contribution is 0.291. The number of rotatable bonds is 6. The van der Waals surface area contributed by atoms with Crippen LogP contribution in [0.5, 0.6) is 5.75 Å². The van der Waals surface area contributed by atoms with Gasteiger partial charge in [-0.05, 0) is 36.9 Å². The van der Waals surface area contributed by atoms with E-state index in [1.807, 2.05) is 42.2 Å². The number of hydrogen-bond donors (Lipinski definition) is 1. The van der Waals surface area contributed by atoms with Gasteiger partial charge in [-0.3, -0.25) is 4.68 Å². The fraction of sp³-hybridized carbons (Fsp3) is 0.308. The van der Waals surface area contributed by atoms with Gasteiger partial charge in [-0.25, -0.2) is 0 Å². The lowest BCUT2D eigenvalue weighted by Crippen LogP contribution is -2.09. The molecule has 1 aromatic heterocycles. The third-order valence-corrected chi connectivity index (χ3v) is 3.31. The first kappa shape index (κ1) is 13.1. The second kappa shape index (κ2) is 6.56. The summed E-state index contributed by atoms with van der Waals surface area (Å²) in [6, 6.07) is 7.93. The zero-order valence-corrected chi connectivity index (χ0v) is 11.9.